The molecular weight excluding hydrogens is 494 g/mol. The van der Waals surface area contributed by atoms with Crippen LogP contribution < -0.4 is 16.4 Å². The number of piperidine rings is 1. The molecule has 0 saturated carbocycles. The lowest BCUT2D eigenvalue weighted by Gasteiger charge is -2.23. The number of fused-ring (bicyclic) bond motifs is 1. The minimum atomic E-state index is 0.445. The zero-order chi connectivity index (χ0) is 28.9. The molecule has 1 aliphatic rings. The second-order valence-corrected chi connectivity index (χ2v) is 9.06. The third kappa shape index (κ3) is 7.23. The molecule has 1 aliphatic heterocycles. The van der Waals surface area contributed by atoms with E-state index in [1.165, 1.54) is 18.4 Å². The van der Waals surface area contributed by atoms with Crippen molar-refractivity contribution in [3.05, 3.63) is 84.2 Å². The van der Waals surface area contributed by atoms with Gasteiger partial charge in [0.2, 0.25) is 0 Å². The van der Waals surface area contributed by atoms with Gasteiger partial charge in [-0.15, -0.1) is 0 Å². The monoisotopic (exact) mass is 539 g/mol. The summed E-state index contributed by atoms with van der Waals surface area (Å²) in [6.45, 7) is 15.1. The van der Waals surface area contributed by atoms with Crippen LogP contribution in [0.3, 0.4) is 0 Å². The summed E-state index contributed by atoms with van der Waals surface area (Å²) >= 11 is 0. The number of nitrogen functional groups attached to an aromatic ring is 1. The molecule has 7 nitrogen and oxygen atoms in total. The van der Waals surface area contributed by atoms with Gasteiger partial charge in [0.25, 0.3) is 0 Å². The zero-order valence-electron chi connectivity index (χ0n) is 24.9. The van der Waals surface area contributed by atoms with Gasteiger partial charge in [-0.1, -0.05) is 58.1 Å². The van der Waals surface area contributed by atoms with Gasteiger partial charge in [-0.25, -0.2) is 15.0 Å². The Morgan fingerprint density at radius 1 is 1.00 bits per heavy atom. The normalized spacial score (nSPS) is 14.0. The van der Waals surface area contributed by atoms with Gasteiger partial charge < -0.3 is 16.4 Å². The molecule has 4 heterocycles. The zero-order valence-corrected chi connectivity index (χ0v) is 24.9. The second kappa shape index (κ2) is 15.7. The first-order valence-electron chi connectivity index (χ1n) is 14.6. The largest absolute Gasteiger partial charge is 0.383 e. The summed E-state index contributed by atoms with van der Waals surface area (Å²) < 4.78 is 2.08. The van der Waals surface area contributed by atoms with Crippen molar-refractivity contribution in [1.29, 1.82) is 0 Å². The van der Waals surface area contributed by atoms with Crippen molar-refractivity contribution < 1.29 is 0 Å². The molecule has 4 N–H and O–H groups in total. The van der Waals surface area contributed by atoms with E-state index in [1.807, 2.05) is 71.9 Å². The fourth-order valence-corrected chi connectivity index (χ4v) is 4.71. The number of nitrogens with two attached hydrogens (primary N) is 1. The summed E-state index contributed by atoms with van der Waals surface area (Å²) in [5.74, 6) is 1.18. The highest BCUT2D eigenvalue weighted by Crippen LogP contribution is 2.31. The summed E-state index contributed by atoms with van der Waals surface area (Å²) in [5, 5.41) is 7.12. The van der Waals surface area contributed by atoms with Crippen molar-refractivity contribution in [2.45, 2.75) is 67.0 Å². The fourth-order valence-electron chi connectivity index (χ4n) is 4.71. The molecule has 0 unspecified atom stereocenters. The van der Waals surface area contributed by atoms with Crippen LogP contribution in [-0.2, 0) is 6.54 Å². The maximum absolute atomic E-state index is 6.28. The number of hydrogen-bond acceptors (Lipinski definition) is 6. The first kappa shape index (κ1) is 30.7. The highest BCUT2D eigenvalue weighted by Gasteiger charge is 2.19. The van der Waals surface area contributed by atoms with Crippen LogP contribution in [0.5, 0.6) is 0 Å². The van der Waals surface area contributed by atoms with E-state index in [1.54, 1.807) is 6.20 Å². The van der Waals surface area contributed by atoms with E-state index in [0.29, 0.717) is 11.9 Å². The first-order chi connectivity index (χ1) is 19.7. The highest BCUT2D eigenvalue weighted by atomic mass is 15.1. The molecule has 1 aromatic carbocycles. The number of rotatable bonds is 7. The molecule has 0 bridgehead atoms. The average molecular weight is 540 g/mol. The van der Waals surface area contributed by atoms with Crippen LogP contribution in [0.2, 0.25) is 0 Å². The number of benzene rings is 1. The van der Waals surface area contributed by atoms with E-state index < -0.39 is 0 Å². The smallest absolute Gasteiger partial charge is 0.165 e. The third-order valence-electron chi connectivity index (χ3n) is 6.67. The van der Waals surface area contributed by atoms with Crippen LogP contribution in [-0.4, -0.2) is 38.7 Å². The van der Waals surface area contributed by atoms with Gasteiger partial charge in [0, 0.05) is 24.5 Å². The maximum Gasteiger partial charge on any atom is 0.165 e. The molecule has 1 fully saturated rings. The molecule has 7 heteroatoms. The van der Waals surface area contributed by atoms with Crippen molar-refractivity contribution >= 4 is 22.6 Å². The SMILES string of the molecule is C/C=C\C(=C/C)c1ccc2nc(-c3cccnc3N)n(-c3ccc(CNC4CCNCC4)cc3)c2n1.CC.CC. The number of nitrogens with one attached hydrogen (secondary N) is 2. The molecule has 0 aliphatic carbocycles. The quantitative estimate of drug-likeness (QED) is 0.220. The van der Waals surface area contributed by atoms with Crippen LogP contribution in [0.25, 0.3) is 33.8 Å². The first-order valence-corrected chi connectivity index (χ1v) is 14.6. The van der Waals surface area contributed by atoms with Crippen LogP contribution >= 0.6 is 0 Å². The van der Waals surface area contributed by atoms with Crippen molar-refractivity contribution in [3.63, 3.8) is 0 Å². The van der Waals surface area contributed by atoms with Gasteiger partial charge in [-0.05, 0) is 87.3 Å². The summed E-state index contributed by atoms with van der Waals surface area (Å²) in [5.41, 5.74) is 12.9. The van der Waals surface area contributed by atoms with E-state index >= 15 is 0 Å². The Morgan fingerprint density at radius 2 is 1.73 bits per heavy atom. The Hall–Kier alpha value is -3.81. The number of hydrogen-bond donors (Lipinski definition) is 3. The Bertz CT molecular complexity index is 1390. The molecule has 3 aromatic heterocycles. The van der Waals surface area contributed by atoms with E-state index in [4.69, 9.17) is 15.7 Å². The predicted octanol–water partition coefficient (Wildman–Crippen LogP) is 6.94. The Morgan fingerprint density at radius 3 is 2.38 bits per heavy atom. The topological polar surface area (TPSA) is 93.7 Å². The summed E-state index contributed by atoms with van der Waals surface area (Å²) in [4.78, 5) is 14.3. The summed E-state index contributed by atoms with van der Waals surface area (Å²) in [7, 11) is 0. The standard InChI is InChI=1S/C29H33N7.2C2H6/c1-3-6-21(4-2)25-12-13-26-29(34-25)36(28(35-26)24-7-5-16-32-27(24)30)23-10-8-20(9-11-23)19-33-22-14-17-31-18-15-22;2*1-2/h3-13,16,22,31,33H,14-15,17-19H2,1-2H3,(H2,30,32);2*1-2H3/b6-3-,21-4+;;. The van der Waals surface area contributed by atoms with Gasteiger partial charge >= 0.3 is 0 Å². The minimum Gasteiger partial charge on any atom is -0.383 e. The molecule has 0 amide bonds. The van der Waals surface area contributed by atoms with E-state index in [9.17, 15) is 0 Å². The molecule has 5 rings (SSSR count). The van der Waals surface area contributed by atoms with Crippen LogP contribution in [0.1, 0.15) is 65.6 Å². The number of anilines is 1. The number of nitrogens with zero attached hydrogens (tertiary/aromatic N) is 4. The van der Waals surface area contributed by atoms with Crippen LogP contribution in [0.15, 0.2) is 73.0 Å². The van der Waals surface area contributed by atoms with Crippen LogP contribution in [0, 0.1) is 0 Å². The number of aromatic nitrogens is 4. The average Bonchev–Trinajstić information content (AvgIpc) is 3.40. The fraction of sp³-hybridized carbons (Fsp3) is 0.364. The lowest BCUT2D eigenvalue weighted by atomic mass is 10.1. The lowest BCUT2D eigenvalue weighted by molar-refractivity contribution is 0.386. The Kier molecular flexibility index (Phi) is 12.1. The van der Waals surface area contributed by atoms with Crippen molar-refractivity contribution in [2.75, 3.05) is 18.8 Å². The molecule has 0 atom stereocenters. The van der Waals surface area contributed by atoms with Gasteiger partial charge in [-0.3, -0.25) is 4.57 Å². The lowest BCUT2D eigenvalue weighted by Crippen LogP contribution is -2.39. The Balaban J connectivity index is 0.00000106. The van der Waals surface area contributed by atoms with Gasteiger partial charge in [-0.2, -0.15) is 0 Å². The molecule has 0 spiro atoms. The Labute approximate surface area is 239 Å². The molecule has 0 radical (unpaired) electrons. The maximum atomic E-state index is 6.28. The van der Waals surface area contributed by atoms with Gasteiger partial charge in [0.15, 0.2) is 11.5 Å². The number of allylic oxidation sites excluding steroid dienone is 4. The van der Waals surface area contributed by atoms with Gasteiger partial charge in [0.1, 0.15) is 11.3 Å². The number of pyridine rings is 2. The van der Waals surface area contributed by atoms with E-state index in [2.05, 4.69) is 56.6 Å². The number of imidazole rings is 1. The molecular formula is C33H45N7. The summed E-state index contributed by atoms with van der Waals surface area (Å²) in [6, 6.07) is 17.1. The summed E-state index contributed by atoms with van der Waals surface area (Å²) in [6.07, 6.45) is 10.2. The van der Waals surface area contributed by atoms with Crippen molar-refractivity contribution in [3.8, 4) is 17.1 Å². The minimum absolute atomic E-state index is 0.445. The van der Waals surface area contributed by atoms with Crippen LogP contribution in [0.4, 0.5) is 5.82 Å². The molecule has 1 saturated heterocycles. The molecule has 4 aromatic rings. The second-order valence-electron chi connectivity index (χ2n) is 9.06. The van der Waals surface area contributed by atoms with E-state index in [0.717, 1.165) is 59.1 Å². The van der Waals surface area contributed by atoms with Gasteiger partial charge in [0.05, 0.1) is 11.3 Å². The highest BCUT2D eigenvalue weighted by molar-refractivity contribution is 5.85. The van der Waals surface area contributed by atoms with E-state index in [-0.39, 0.29) is 0 Å². The third-order valence-corrected chi connectivity index (χ3v) is 6.67. The van der Waals surface area contributed by atoms with Crippen molar-refractivity contribution in [2.24, 2.45) is 0 Å². The molecule has 212 valence electrons. The van der Waals surface area contributed by atoms with Crippen molar-refractivity contribution in [1.82, 2.24) is 30.2 Å². The predicted molar refractivity (Wildman–Crippen MR) is 170 cm³/mol. The molecule has 40 heavy (non-hydrogen) atoms.